The molecule has 2 saturated heterocycles. The number of nitrogens with two attached hydrogens (primary N) is 1. The summed E-state index contributed by atoms with van der Waals surface area (Å²) in [5.74, 6) is -0.197. The smallest absolute Gasteiger partial charge is 0.414 e. The quantitative estimate of drug-likeness (QED) is 0.910. The van der Waals surface area contributed by atoms with E-state index in [0.29, 0.717) is 43.9 Å². The van der Waals surface area contributed by atoms with Crippen LogP contribution in [-0.4, -0.2) is 44.2 Å². The van der Waals surface area contributed by atoms with E-state index in [0.717, 1.165) is 0 Å². The molecule has 6 nitrogen and oxygen atoms in total. The number of Topliss-reactive ketones (excluding diaryl/α,β-unsaturated/α-hetero) is 1. The molecule has 0 aliphatic carbocycles. The Hall–Kier alpha value is -2.15. The second-order valence-electron chi connectivity index (χ2n) is 5.51. The van der Waals surface area contributed by atoms with E-state index in [4.69, 9.17) is 10.5 Å². The Balaban J connectivity index is 1.78. The number of hydrogen-bond donors (Lipinski definition) is 1. The first-order chi connectivity index (χ1) is 10.6. The number of anilines is 2. The van der Waals surface area contributed by atoms with Crippen molar-refractivity contribution in [3.63, 3.8) is 0 Å². The Kier molecular flexibility index (Phi) is 3.98. The minimum Gasteiger partial charge on any atom is -0.443 e. The zero-order valence-electron chi connectivity index (χ0n) is 12.1. The molecule has 2 heterocycles. The zero-order chi connectivity index (χ0) is 15.7. The fraction of sp³-hybridized carbons (Fsp3) is 0.467. The normalized spacial score (nSPS) is 22.2. The van der Waals surface area contributed by atoms with E-state index in [9.17, 15) is 14.0 Å². The van der Waals surface area contributed by atoms with Gasteiger partial charge < -0.3 is 15.4 Å². The van der Waals surface area contributed by atoms with Crippen LogP contribution >= 0.6 is 0 Å². The van der Waals surface area contributed by atoms with Gasteiger partial charge >= 0.3 is 6.09 Å². The van der Waals surface area contributed by atoms with Crippen LogP contribution in [0.15, 0.2) is 18.2 Å². The molecule has 2 fully saturated rings. The van der Waals surface area contributed by atoms with Gasteiger partial charge in [-0.1, -0.05) is 0 Å². The number of nitrogens with zero attached hydrogens (tertiary/aromatic N) is 2. The Morgan fingerprint density at radius 3 is 2.59 bits per heavy atom. The largest absolute Gasteiger partial charge is 0.443 e. The molecule has 0 spiro atoms. The summed E-state index contributed by atoms with van der Waals surface area (Å²) in [5, 5.41) is 0. The maximum Gasteiger partial charge on any atom is 0.414 e. The van der Waals surface area contributed by atoms with E-state index in [1.54, 1.807) is 12.1 Å². The number of piperidine rings is 1. The predicted octanol–water partition coefficient (Wildman–Crippen LogP) is 1.28. The number of ketones is 1. The van der Waals surface area contributed by atoms with Gasteiger partial charge in [0.05, 0.1) is 17.9 Å². The van der Waals surface area contributed by atoms with Gasteiger partial charge in [-0.2, -0.15) is 0 Å². The van der Waals surface area contributed by atoms with Gasteiger partial charge in [-0.25, -0.2) is 9.18 Å². The molecule has 1 amide bonds. The first-order valence-corrected chi connectivity index (χ1v) is 7.33. The topological polar surface area (TPSA) is 75.9 Å². The second-order valence-corrected chi connectivity index (χ2v) is 5.51. The van der Waals surface area contributed by atoms with Crippen LogP contribution in [0.2, 0.25) is 0 Å². The summed E-state index contributed by atoms with van der Waals surface area (Å²) in [6.45, 7) is 1.61. The average molecular weight is 307 g/mol. The van der Waals surface area contributed by atoms with Gasteiger partial charge in [0.2, 0.25) is 0 Å². The van der Waals surface area contributed by atoms with Gasteiger partial charge in [-0.3, -0.25) is 9.69 Å². The molecular formula is C15H18FN3O3. The summed E-state index contributed by atoms with van der Waals surface area (Å²) in [6.07, 6.45) is 0.0184. The number of carbonyl (C=O) groups excluding carboxylic acids is 2. The van der Waals surface area contributed by atoms with Crippen LogP contribution < -0.4 is 15.5 Å². The number of cyclic esters (lactones) is 1. The molecule has 1 aromatic carbocycles. The van der Waals surface area contributed by atoms with E-state index < -0.39 is 11.9 Å². The maximum absolute atomic E-state index is 14.4. The molecule has 0 bridgehead atoms. The van der Waals surface area contributed by atoms with Crippen LogP contribution in [0, 0.1) is 5.82 Å². The van der Waals surface area contributed by atoms with Crippen LogP contribution in [0.25, 0.3) is 0 Å². The molecular weight excluding hydrogens is 289 g/mol. The van der Waals surface area contributed by atoms with Crippen LogP contribution in [-0.2, 0) is 9.53 Å². The predicted molar refractivity (Wildman–Crippen MR) is 79.5 cm³/mol. The summed E-state index contributed by atoms with van der Waals surface area (Å²) in [7, 11) is 0. The highest BCUT2D eigenvalue weighted by molar-refractivity contribution is 5.90. The SMILES string of the molecule is NCC1CN(c2ccc(N3CCC(=O)CC3)c(F)c2)C(=O)O1. The summed E-state index contributed by atoms with van der Waals surface area (Å²) < 4.78 is 19.4. The average Bonchev–Trinajstić information content (AvgIpc) is 2.89. The van der Waals surface area contributed by atoms with Crippen LogP contribution in [0.5, 0.6) is 0 Å². The first kappa shape index (κ1) is 14.8. The standard InChI is InChI=1S/C15H18FN3O3/c16-13-7-10(19-9-12(8-17)22-15(19)21)1-2-14(13)18-5-3-11(20)4-6-18/h1-2,7,12H,3-6,8-9,17H2. The number of benzene rings is 1. The molecule has 118 valence electrons. The minimum absolute atomic E-state index is 0.209. The number of hydrogen-bond acceptors (Lipinski definition) is 5. The molecule has 0 aromatic heterocycles. The Bertz CT molecular complexity index is 598. The van der Waals surface area contributed by atoms with E-state index in [1.165, 1.54) is 11.0 Å². The fourth-order valence-corrected chi connectivity index (χ4v) is 2.77. The molecule has 22 heavy (non-hydrogen) atoms. The van der Waals surface area contributed by atoms with Crippen molar-refractivity contribution < 1.29 is 18.7 Å². The van der Waals surface area contributed by atoms with Gasteiger partial charge in [0.25, 0.3) is 0 Å². The number of amides is 1. The van der Waals surface area contributed by atoms with Crippen molar-refractivity contribution in [2.75, 3.05) is 36.0 Å². The van der Waals surface area contributed by atoms with Crippen molar-refractivity contribution in [1.29, 1.82) is 0 Å². The molecule has 0 saturated carbocycles. The summed E-state index contributed by atoms with van der Waals surface area (Å²) >= 11 is 0. The molecule has 2 aliphatic rings. The number of halogens is 1. The molecule has 2 N–H and O–H groups in total. The molecule has 7 heteroatoms. The maximum atomic E-state index is 14.4. The highest BCUT2D eigenvalue weighted by atomic mass is 19.1. The van der Waals surface area contributed by atoms with Crippen LogP contribution in [0.4, 0.5) is 20.6 Å². The van der Waals surface area contributed by atoms with Crippen LogP contribution in [0.3, 0.4) is 0 Å². The second kappa shape index (κ2) is 5.92. The van der Waals surface area contributed by atoms with Crippen molar-refractivity contribution in [2.24, 2.45) is 5.73 Å². The van der Waals surface area contributed by atoms with Gasteiger partial charge in [0, 0.05) is 32.5 Å². The van der Waals surface area contributed by atoms with Gasteiger partial charge in [0.1, 0.15) is 17.7 Å². The van der Waals surface area contributed by atoms with E-state index in [2.05, 4.69) is 0 Å². The molecule has 2 aliphatic heterocycles. The summed E-state index contributed by atoms with van der Waals surface area (Å²) in [6, 6.07) is 4.66. The van der Waals surface area contributed by atoms with Crippen molar-refractivity contribution in [2.45, 2.75) is 18.9 Å². The lowest BCUT2D eigenvalue weighted by Gasteiger charge is -2.28. The lowest BCUT2D eigenvalue weighted by Crippen LogP contribution is -2.34. The molecule has 0 radical (unpaired) electrons. The number of rotatable bonds is 3. The zero-order valence-corrected chi connectivity index (χ0v) is 12.1. The van der Waals surface area contributed by atoms with E-state index in [1.807, 2.05) is 4.90 Å². The van der Waals surface area contributed by atoms with Gasteiger partial charge in [-0.05, 0) is 18.2 Å². The lowest BCUT2D eigenvalue weighted by atomic mass is 10.1. The monoisotopic (exact) mass is 307 g/mol. The first-order valence-electron chi connectivity index (χ1n) is 7.33. The fourth-order valence-electron chi connectivity index (χ4n) is 2.77. The van der Waals surface area contributed by atoms with E-state index in [-0.39, 0.29) is 18.4 Å². The third-order valence-corrected chi connectivity index (χ3v) is 4.04. The van der Waals surface area contributed by atoms with Gasteiger partial charge in [0.15, 0.2) is 0 Å². The molecule has 1 unspecified atom stereocenters. The van der Waals surface area contributed by atoms with Crippen molar-refractivity contribution in [1.82, 2.24) is 0 Å². The summed E-state index contributed by atoms with van der Waals surface area (Å²) in [5.41, 5.74) is 6.40. The van der Waals surface area contributed by atoms with E-state index >= 15 is 0 Å². The third-order valence-electron chi connectivity index (χ3n) is 4.04. The Morgan fingerprint density at radius 2 is 2.00 bits per heavy atom. The lowest BCUT2D eigenvalue weighted by molar-refractivity contribution is -0.119. The van der Waals surface area contributed by atoms with Gasteiger partial charge in [-0.15, -0.1) is 0 Å². The highest BCUT2D eigenvalue weighted by Gasteiger charge is 2.32. The number of carbonyl (C=O) groups is 2. The van der Waals surface area contributed by atoms with Crippen molar-refractivity contribution in [3.8, 4) is 0 Å². The molecule has 1 atom stereocenters. The molecule has 3 rings (SSSR count). The van der Waals surface area contributed by atoms with Crippen LogP contribution in [0.1, 0.15) is 12.8 Å². The Morgan fingerprint density at radius 1 is 1.27 bits per heavy atom. The highest BCUT2D eigenvalue weighted by Crippen LogP contribution is 2.28. The number of ether oxygens (including phenoxy) is 1. The molecule has 1 aromatic rings. The van der Waals surface area contributed by atoms with Crippen molar-refractivity contribution in [3.05, 3.63) is 24.0 Å². The minimum atomic E-state index is -0.508. The Labute approximate surface area is 127 Å². The van der Waals surface area contributed by atoms with Crippen molar-refractivity contribution >= 4 is 23.3 Å². The summed E-state index contributed by atoms with van der Waals surface area (Å²) in [4.78, 5) is 26.2. The third kappa shape index (κ3) is 2.76.